The van der Waals surface area contributed by atoms with Crippen LogP contribution in [-0.2, 0) is 5.41 Å². The molecule has 0 bridgehead atoms. The highest BCUT2D eigenvalue weighted by Gasteiger charge is 2.21. The molecule has 0 saturated heterocycles. The fraction of sp³-hybridized carbons (Fsp3) is 0.238. The first-order valence-corrected chi connectivity index (χ1v) is 9.51. The van der Waals surface area contributed by atoms with Gasteiger partial charge >= 0.3 is 0 Å². The number of halogens is 1. The second-order valence-electron chi connectivity index (χ2n) is 7.75. The summed E-state index contributed by atoms with van der Waals surface area (Å²) in [6, 6.07) is 12.6. The molecule has 0 aliphatic rings. The Bertz CT molecular complexity index is 1220. The van der Waals surface area contributed by atoms with Gasteiger partial charge in [0.1, 0.15) is 11.3 Å². The minimum Gasteiger partial charge on any atom is -0.440 e. The number of carbonyl (C=O) groups is 1. The van der Waals surface area contributed by atoms with Gasteiger partial charge in [0.15, 0.2) is 5.58 Å². The minimum atomic E-state index is -0.419. The molecule has 4 rings (SSSR count). The number of aromatic nitrogens is 4. The molecule has 4 aromatic rings. The highest BCUT2D eigenvalue weighted by molar-refractivity contribution is 6.32. The number of benzene rings is 2. The average Bonchev–Trinajstić information content (AvgIpc) is 3.25. The molecule has 0 radical (unpaired) electrons. The molecule has 2 aromatic carbocycles. The Morgan fingerprint density at radius 1 is 1.14 bits per heavy atom. The van der Waals surface area contributed by atoms with Crippen LogP contribution in [0.25, 0.3) is 16.8 Å². The van der Waals surface area contributed by atoms with Gasteiger partial charge in [0.25, 0.3) is 5.91 Å². The van der Waals surface area contributed by atoms with E-state index in [2.05, 4.69) is 20.4 Å². The lowest BCUT2D eigenvalue weighted by Crippen LogP contribution is -2.14. The van der Waals surface area contributed by atoms with Crippen LogP contribution in [0.5, 0.6) is 0 Å². The number of hydrogen-bond acceptors (Lipinski definition) is 5. The van der Waals surface area contributed by atoms with Gasteiger partial charge in [0.2, 0.25) is 11.7 Å². The summed E-state index contributed by atoms with van der Waals surface area (Å²) in [6.07, 6.45) is 0. The number of fused-ring (bicyclic) bond motifs is 1. The Morgan fingerprint density at radius 3 is 2.62 bits per heavy atom. The van der Waals surface area contributed by atoms with Gasteiger partial charge in [-0.1, -0.05) is 44.5 Å². The molecular weight excluding hydrogens is 390 g/mol. The van der Waals surface area contributed by atoms with E-state index in [1.165, 1.54) is 0 Å². The van der Waals surface area contributed by atoms with Crippen molar-refractivity contribution in [3.05, 3.63) is 65.0 Å². The first-order valence-electron chi connectivity index (χ1n) is 9.13. The van der Waals surface area contributed by atoms with Gasteiger partial charge in [0, 0.05) is 11.1 Å². The van der Waals surface area contributed by atoms with Crippen LogP contribution in [0.4, 0.5) is 5.69 Å². The fourth-order valence-electron chi connectivity index (χ4n) is 2.85. The van der Waals surface area contributed by atoms with Crippen molar-refractivity contribution in [2.45, 2.75) is 33.1 Å². The lowest BCUT2D eigenvalue weighted by atomic mass is 9.97. The molecule has 2 aromatic heterocycles. The van der Waals surface area contributed by atoms with E-state index >= 15 is 0 Å². The second-order valence-corrected chi connectivity index (χ2v) is 8.16. The number of rotatable bonds is 3. The van der Waals surface area contributed by atoms with Crippen molar-refractivity contribution >= 4 is 34.3 Å². The molecule has 1 amide bonds. The third kappa shape index (κ3) is 3.73. The largest absolute Gasteiger partial charge is 0.440 e. The molecule has 0 aliphatic carbocycles. The maximum absolute atomic E-state index is 12.7. The summed E-state index contributed by atoms with van der Waals surface area (Å²) in [4.78, 5) is 21.5. The van der Waals surface area contributed by atoms with Crippen molar-refractivity contribution in [2.75, 3.05) is 5.32 Å². The molecule has 29 heavy (non-hydrogen) atoms. The van der Waals surface area contributed by atoms with Crippen LogP contribution >= 0.6 is 11.6 Å². The van der Waals surface area contributed by atoms with Crippen molar-refractivity contribution in [1.29, 1.82) is 0 Å². The van der Waals surface area contributed by atoms with Gasteiger partial charge in [-0.05, 0) is 37.3 Å². The highest BCUT2D eigenvalue weighted by atomic mass is 35.5. The fourth-order valence-corrected chi connectivity index (χ4v) is 3.07. The van der Waals surface area contributed by atoms with E-state index in [0.717, 1.165) is 0 Å². The monoisotopic (exact) mass is 409 g/mol. The van der Waals surface area contributed by atoms with E-state index in [4.69, 9.17) is 16.0 Å². The highest BCUT2D eigenvalue weighted by Crippen LogP contribution is 2.27. The summed E-state index contributed by atoms with van der Waals surface area (Å²) in [5.74, 6) is 0.840. The summed E-state index contributed by atoms with van der Waals surface area (Å²) in [5, 5.41) is 7.65. The van der Waals surface area contributed by atoms with Crippen molar-refractivity contribution in [3.8, 4) is 5.69 Å². The number of para-hydroxylation sites is 1. The summed E-state index contributed by atoms with van der Waals surface area (Å²) in [5.41, 5.74) is 2.40. The lowest BCUT2D eigenvalue weighted by molar-refractivity contribution is 0.101. The van der Waals surface area contributed by atoms with Gasteiger partial charge in [-0.25, -0.2) is 14.6 Å². The third-order valence-electron chi connectivity index (χ3n) is 4.34. The number of nitrogens with one attached hydrogen (secondary N) is 1. The first-order chi connectivity index (χ1) is 13.7. The smallest absolute Gasteiger partial charge is 0.295 e. The predicted molar refractivity (Wildman–Crippen MR) is 112 cm³/mol. The molecule has 2 heterocycles. The van der Waals surface area contributed by atoms with E-state index < -0.39 is 5.91 Å². The standard InChI is InChI=1S/C21H20ClN5O2/c1-12-23-18(26-27(12)16-8-6-5-7-14(16)22)19(28)24-13-9-10-17-15(11-13)25-20(29-17)21(2,3)4/h5-11H,1-4H3,(H,24,28). The topological polar surface area (TPSA) is 85.8 Å². The molecule has 8 heteroatoms. The Hall–Kier alpha value is -3.19. The number of anilines is 1. The quantitative estimate of drug-likeness (QED) is 0.519. The number of nitrogens with zero attached hydrogens (tertiary/aromatic N) is 4. The predicted octanol–water partition coefficient (Wildman–Crippen LogP) is 4.92. The number of oxazole rings is 1. The SMILES string of the molecule is Cc1nc(C(=O)Nc2ccc3oc(C(C)(C)C)nc3c2)nn1-c1ccccc1Cl. The van der Waals surface area contributed by atoms with E-state index in [9.17, 15) is 4.79 Å². The van der Waals surface area contributed by atoms with Crippen LogP contribution in [0.1, 0.15) is 43.1 Å². The Morgan fingerprint density at radius 2 is 1.90 bits per heavy atom. The van der Waals surface area contributed by atoms with Gasteiger partial charge in [0.05, 0.1) is 10.7 Å². The molecule has 148 valence electrons. The molecule has 0 unspecified atom stereocenters. The summed E-state index contributed by atoms with van der Waals surface area (Å²) >= 11 is 6.23. The third-order valence-corrected chi connectivity index (χ3v) is 4.66. The maximum atomic E-state index is 12.7. The molecule has 7 nitrogen and oxygen atoms in total. The van der Waals surface area contributed by atoms with Crippen LogP contribution in [0, 0.1) is 6.92 Å². The van der Waals surface area contributed by atoms with Crippen molar-refractivity contribution in [1.82, 2.24) is 19.7 Å². The van der Waals surface area contributed by atoms with Crippen molar-refractivity contribution in [2.24, 2.45) is 0 Å². The van der Waals surface area contributed by atoms with E-state index in [0.29, 0.717) is 39.2 Å². The number of hydrogen-bond donors (Lipinski definition) is 1. The molecule has 0 fully saturated rings. The van der Waals surface area contributed by atoms with Crippen LogP contribution in [0.15, 0.2) is 46.9 Å². The van der Waals surface area contributed by atoms with Crippen LogP contribution in [0.3, 0.4) is 0 Å². The van der Waals surface area contributed by atoms with Crippen molar-refractivity contribution in [3.63, 3.8) is 0 Å². The Kier molecular flexibility index (Phi) is 4.62. The molecule has 0 spiro atoms. The normalized spacial score (nSPS) is 11.8. The lowest BCUT2D eigenvalue weighted by Gasteiger charge is -2.11. The van der Waals surface area contributed by atoms with Crippen LogP contribution < -0.4 is 5.32 Å². The summed E-state index contributed by atoms with van der Waals surface area (Å²) < 4.78 is 7.34. The number of carbonyl (C=O) groups excluding carboxylic acids is 1. The summed E-state index contributed by atoms with van der Waals surface area (Å²) in [7, 11) is 0. The maximum Gasteiger partial charge on any atom is 0.295 e. The van der Waals surface area contributed by atoms with Crippen molar-refractivity contribution < 1.29 is 9.21 Å². The first kappa shape index (κ1) is 19.1. The molecule has 0 saturated carbocycles. The van der Waals surface area contributed by atoms with Gasteiger partial charge in [-0.3, -0.25) is 4.79 Å². The Labute approximate surface area is 172 Å². The average molecular weight is 410 g/mol. The van der Waals surface area contributed by atoms with Gasteiger partial charge in [-0.15, -0.1) is 5.10 Å². The molecule has 1 N–H and O–H groups in total. The molecular formula is C21H20ClN5O2. The zero-order valence-electron chi connectivity index (χ0n) is 16.5. The zero-order valence-corrected chi connectivity index (χ0v) is 17.3. The second kappa shape index (κ2) is 7.00. The van der Waals surface area contributed by atoms with E-state index in [-0.39, 0.29) is 11.2 Å². The number of amides is 1. The van der Waals surface area contributed by atoms with E-state index in [1.54, 1.807) is 35.9 Å². The Balaban J connectivity index is 1.60. The zero-order chi connectivity index (χ0) is 20.8. The molecule has 0 atom stereocenters. The number of aryl methyl sites for hydroxylation is 1. The van der Waals surface area contributed by atoms with Gasteiger partial charge < -0.3 is 9.73 Å². The van der Waals surface area contributed by atoms with Gasteiger partial charge in [-0.2, -0.15) is 0 Å². The summed E-state index contributed by atoms with van der Waals surface area (Å²) in [6.45, 7) is 7.86. The molecule has 0 aliphatic heterocycles. The van der Waals surface area contributed by atoms with E-state index in [1.807, 2.05) is 39.0 Å². The minimum absolute atomic E-state index is 0.0538. The van der Waals surface area contributed by atoms with Crippen LogP contribution in [-0.4, -0.2) is 25.7 Å². The van der Waals surface area contributed by atoms with Crippen LogP contribution in [0.2, 0.25) is 5.02 Å².